The minimum atomic E-state index is -0.646. The molecular formula is C11H11FN4O2. The van der Waals surface area contributed by atoms with E-state index in [4.69, 9.17) is 5.53 Å². The number of anilines is 1. The Bertz CT molecular complexity index is 508. The summed E-state index contributed by atoms with van der Waals surface area (Å²) in [7, 11) is 0. The fourth-order valence-electron chi connectivity index (χ4n) is 2.04. The van der Waals surface area contributed by atoms with E-state index >= 15 is 0 Å². The number of azide groups is 1. The molecule has 1 aromatic carbocycles. The highest BCUT2D eigenvalue weighted by molar-refractivity contribution is 5.97. The minimum absolute atomic E-state index is 0.106. The van der Waals surface area contributed by atoms with Gasteiger partial charge in [-0.2, -0.15) is 0 Å². The molecule has 0 spiro atoms. The van der Waals surface area contributed by atoms with Crippen molar-refractivity contribution in [3.8, 4) is 5.75 Å². The van der Waals surface area contributed by atoms with E-state index in [1.54, 1.807) is 0 Å². The topological polar surface area (TPSA) is 89.3 Å². The highest BCUT2D eigenvalue weighted by atomic mass is 19.1. The van der Waals surface area contributed by atoms with E-state index in [-0.39, 0.29) is 42.8 Å². The summed E-state index contributed by atoms with van der Waals surface area (Å²) in [4.78, 5) is 15.6. The number of benzene rings is 1. The molecule has 1 atom stereocenters. The molecule has 1 aliphatic heterocycles. The van der Waals surface area contributed by atoms with Crippen LogP contribution in [0.25, 0.3) is 10.4 Å². The Kier molecular flexibility index (Phi) is 3.34. The van der Waals surface area contributed by atoms with Crippen LogP contribution in [0, 0.1) is 11.7 Å². The zero-order valence-corrected chi connectivity index (χ0v) is 9.45. The van der Waals surface area contributed by atoms with Crippen molar-refractivity contribution in [3.63, 3.8) is 0 Å². The molecule has 1 amide bonds. The van der Waals surface area contributed by atoms with Gasteiger partial charge < -0.3 is 10.0 Å². The van der Waals surface area contributed by atoms with Crippen molar-refractivity contribution in [1.82, 2.24) is 0 Å². The Hall–Kier alpha value is -2.27. The fraction of sp³-hybridized carbons (Fsp3) is 0.364. The summed E-state index contributed by atoms with van der Waals surface area (Å²) in [5.41, 5.74) is 8.12. The molecule has 1 N–H and O–H groups in total. The molecule has 94 valence electrons. The van der Waals surface area contributed by atoms with Gasteiger partial charge in [0, 0.05) is 24.4 Å². The summed E-state index contributed by atoms with van der Waals surface area (Å²) in [5, 5.41) is 13.0. The molecule has 18 heavy (non-hydrogen) atoms. The van der Waals surface area contributed by atoms with Crippen LogP contribution in [0.3, 0.4) is 0 Å². The molecule has 1 fully saturated rings. The molecule has 2 rings (SSSR count). The van der Waals surface area contributed by atoms with Crippen LogP contribution < -0.4 is 4.90 Å². The van der Waals surface area contributed by atoms with E-state index in [1.165, 1.54) is 23.1 Å². The van der Waals surface area contributed by atoms with Gasteiger partial charge in [0.15, 0.2) is 5.82 Å². The Morgan fingerprint density at radius 2 is 2.39 bits per heavy atom. The highest BCUT2D eigenvalue weighted by Crippen LogP contribution is 2.34. The number of phenols is 1. The number of para-hydroxylation sites is 1. The molecule has 0 aromatic heterocycles. The van der Waals surface area contributed by atoms with Gasteiger partial charge in [-0.05, 0) is 23.6 Å². The molecule has 1 heterocycles. The fourth-order valence-corrected chi connectivity index (χ4v) is 2.04. The number of hydrogen-bond donors (Lipinski definition) is 1. The maximum Gasteiger partial charge on any atom is 0.227 e. The predicted octanol–water partition coefficient (Wildman–Crippen LogP) is 2.19. The van der Waals surface area contributed by atoms with E-state index in [0.717, 1.165) is 0 Å². The van der Waals surface area contributed by atoms with Crippen molar-refractivity contribution in [2.75, 3.05) is 18.0 Å². The molecule has 1 saturated heterocycles. The number of hydrogen-bond acceptors (Lipinski definition) is 3. The van der Waals surface area contributed by atoms with Crippen molar-refractivity contribution in [2.45, 2.75) is 6.42 Å². The second-order valence-electron chi connectivity index (χ2n) is 4.10. The average Bonchev–Trinajstić information content (AvgIpc) is 2.68. The van der Waals surface area contributed by atoms with E-state index < -0.39 is 5.82 Å². The minimum Gasteiger partial charge on any atom is -0.506 e. The molecule has 0 aliphatic carbocycles. The zero-order valence-electron chi connectivity index (χ0n) is 9.45. The van der Waals surface area contributed by atoms with E-state index in [2.05, 4.69) is 10.0 Å². The van der Waals surface area contributed by atoms with Gasteiger partial charge in [0.05, 0.1) is 0 Å². The molecule has 0 radical (unpaired) electrons. The van der Waals surface area contributed by atoms with Crippen LogP contribution in [-0.4, -0.2) is 24.1 Å². The quantitative estimate of drug-likeness (QED) is 0.506. The monoisotopic (exact) mass is 250 g/mol. The summed E-state index contributed by atoms with van der Waals surface area (Å²) < 4.78 is 13.6. The maximum absolute atomic E-state index is 13.6. The third kappa shape index (κ3) is 2.21. The van der Waals surface area contributed by atoms with Crippen LogP contribution in [0.4, 0.5) is 10.1 Å². The summed E-state index contributed by atoms with van der Waals surface area (Å²) in [5.74, 6) is -1.35. The summed E-state index contributed by atoms with van der Waals surface area (Å²) in [6.07, 6.45) is 0.187. The van der Waals surface area contributed by atoms with Gasteiger partial charge in [-0.15, -0.1) is 0 Å². The van der Waals surface area contributed by atoms with Crippen molar-refractivity contribution in [3.05, 3.63) is 34.5 Å². The second-order valence-corrected chi connectivity index (χ2v) is 4.10. The molecule has 0 saturated carbocycles. The summed E-state index contributed by atoms with van der Waals surface area (Å²) >= 11 is 0. The van der Waals surface area contributed by atoms with Crippen molar-refractivity contribution < 1.29 is 14.3 Å². The lowest BCUT2D eigenvalue weighted by Crippen LogP contribution is -2.25. The third-order valence-electron chi connectivity index (χ3n) is 2.84. The molecule has 7 heteroatoms. The zero-order chi connectivity index (χ0) is 13.1. The Labute approximate surface area is 102 Å². The van der Waals surface area contributed by atoms with Gasteiger partial charge in [-0.1, -0.05) is 11.2 Å². The standard InChI is InChI=1S/C11H11FN4O2/c12-8-2-1-3-9(17)11(8)16-6-7(4-10(16)18)5-14-15-13/h1-3,7,17H,4-6H2. The lowest BCUT2D eigenvalue weighted by Gasteiger charge is -2.18. The molecule has 1 unspecified atom stereocenters. The molecule has 6 nitrogen and oxygen atoms in total. The largest absolute Gasteiger partial charge is 0.506 e. The van der Waals surface area contributed by atoms with Gasteiger partial charge in [0.2, 0.25) is 5.91 Å². The number of phenolic OH excluding ortho intramolecular Hbond substituents is 1. The summed E-state index contributed by atoms with van der Waals surface area (Å²) in [6.45, 7) is 0.431. The van der Waals surface area contributed by atoms with Crippen LogP contribution in [0.1, 0.15) is 6.42 Å². The first kappa shape index (κ1) is 12.2. The Morgan fingerprint density at radius 3 is 3.06 bits per heavy atom. The van der Waals surface area contributed by atoms with Crippen LogP contribution in [-0.2, 0) is 4.79 Å². The normalized spacial score (nSPS) is 18.8. The number of carbonyl (C=O) groups is 1. The Balaban J connectivity index is 2.24. The van der Waals surface area contributed by atoms with Gasteiger partial charge in [-0.3, -0.25) is 4.79 Å². The van der Waals surface area contributed by atoms with Crippen LogP contribution in [0.5, 0.6) is 5.75 Å². The smallest absolute Gasteiger partial charge is 0.227 e. The van der Waals surface area contributed by atoms with Crippen LogP contribution in [0.15, 0.2) is 23.3 Å². The van der Waals surface area contributed by atoms with Crippen LogP contribution >= 0.6 is 0 Å². The third-order valence-corrected chi connectivity index (χ3v) is 2.84. The molecular weight excluding hydrogens is 239 g/mol. The Morgan fingerprint density at radius 1 is 1.61 bits per heavy atom. The number of halogens is 1. The van der Waals surface area contributed by atoms with E-state index in [9.17, 15) is 14.3 Å². The van der Waals surface area contributed by atoms with Crippen molar-refractivity contribution in [2.24, 2.45) is 11.0 Å². The van der Waals surface area contributed by atoms with Gasteiger partial charge in [0.1, 0.15) is 11.4 Å². The number of amides is 1. The average molecular weight is 250 g/mol. The number of nitrogens with zero attached hydrogens (tertiary/aromatic N) is 4. The molecule has 1 aliphatic rings. The van der Waals surface area contributed by atoms with Gasteiger partial charge in [0.25, 0.3) is 0 Å². The lowest BCUT2D eigenvalue weighted by molar-refractivity contribution is -0.117. The van der Waals surface area contributed by atoms with Crippen molar-refractivity contribution in [1.29, 1.82) is 0 Å². The second kappa shape index (κ2) is 4.93. The van der Waals surface area contributed by atoms with E-state index in [1.807, 2.05) is 0 Å². The summed E-state index contributed by atoms with van der Waals surface area (Å²) in [6, 6.07) is 3.88. The number of rotatable bonds is 3. The van der Waals surface area contributed by atoms with E-state index in [0.29, 0.717) is 0 Å². The number of aromatic hydroxyl groups is 1. The number of carbonyl (C=O) groups excluding carboxylic acids is 1. The van der Waals surface area contributed by atoms with Crippen LogP contribution in [0.2, 0.25) is 0 Å². The first-order valence-electron chi connectivity index (χ1n) is 5.42. The first-order chi connectivity index (χ1) is 8.63. The SMILES string of the molecule is [N-]=[N+]=NCC1CC(=O)N(c2c(O)cccc2F)C1. The van der Waals surface area contributed by atoms with Crippen molar-refractivity contribution >= 4 is 11.6 Å². The first-order valence-corrected chi connectivity index (χ1v) is 5.42. The maximum atomic E-state index is 13.6. The van der Waals surface area contributed by atoms with Gasteiger partial charge >= 0.3 is 0 Å². The molecule has 1 aromatic rings. The predicted molar refractivity (Wildman–Crippen MR) is 62.5 cm³/mol. The molecule has 0 bridgehead atoms. The highest BCUT2D eigenvalue weighted by Gasteiger charge is 2.33. The van der Waals surface area contributed by atoms with Gasteiger partial charge in [-0.25, -0.2) is 4.39 Å². The lowest BCUT2D eigenvalue weighted by atomic mass is 10.1.